The van der Waals surface area contributed by atoms with E-state index >= 15 is 0 Å². The van der Waals surface area contributed by atoms with Crippen LogP contribution >= 0.6 is 0 Å². The largest absolute Gasteiger partial charge is 0.464 e. The van der Waals surface area contributed by atoms with Crippen LogP contribution in [0.1, 0.15) is 46.6 Å². The maximum atomic E-state index is 13.2. The normalized spacial score (nSPS) is 37.0. The number of benzene rings is 1. The molecule has 0 bridgehead atoms. The molecule has 166 valence electrons. The van der Waals surface area contributed by atoms with E-state index in [4.69, 9.17) is 28.4 Å². The zero-order valence-electron chi connectivity index (χ0n) is 18.4. The average Bonchev–Trinajstić information content (AvgIpc) is 3.19. The second kappa shape index (κ2) is 7.88. The van der Waals surface area contributed by atoms with E-state index in [1.165, 1.54) is 0 Å². The van der Waals surface area contributed by atoms with Crippen LogP contribution in [0.25, 0.3) is 0 Å². The van der Waals surface area contributed by atoms with Crippen LogP contribution in [0.2, 0.25) is 0 Å². The van der Waals surface area contributed by atoms with Crippen molar-refractivity contribution < 1.29 is 33.2 Å². The summed E-state index contributed by atoms with van der Waals surface area (Å²) in [6.45, 7) is 9.91. The quantitative estimate of drug-likeness (QED) is 0.678. The maximum absolute atomic E-state index is 13.2. The number of carbonyl (C=O) groups is 1. The molecule has 30 heavy (non-hydrogen) atoms. The first kappa shape index (κ1) is 21.7. The Morgan fingerprint density at radius 2 is 1.63 bits per heavy atom. The zero-order chi connectivity index (χ0) is 21.6. The van der Waals surface area contributed by atoms with Crippen molar-refractivity contribution in [3.63, 3.8) is 0 Å². The van der Waals surface area contributed by atoms with E-state index in [2.05, 4.69) is 0 Å². The van der Waals surface area contributed by atoms with Crippen LogP contribution in [0.4, 0.5) is 0 Å². The lowest BCUT2D eigenvalue weighted by Gasteiger charge is -2.45. The van der Waals surface area contributed by atoms with Gasteiger partial charge in [0.15, 0.2) is 17.2 Å². The second-order valence-corrected chi connectivity index (χ2v) is 9.17. The summed E-state index contributed by atoms with van der Waals surface area (Å²) in [5.74, 6) is -1.88. The molecule has 7 nitrogen and oxygen atoms in total. The lowest BCUT2D eigenvalue weighted by atomic mass is 9.82. The van der Waals surface area contributed by atoms with Gasteiger partial charge in [0.2, 0.25) is 0 Å². The van der Waals surface area contributed by atoms with Gasteiger partial charge in [-0.15, -0.1) is 0 Å². The first-order valence-corrected chi connectivity index (χ1v) is 10.7. The van der Waals surface area contributed by atoms with Crippen molar-refractivity contribution in [1.29, 1.82) is 0 Å². The highest BCUT2D eigenvalue weighted by molar-refractivity contribution is 5.80. The predicted molar refractivity (Wildman–Crippen MR) is 108 cm³/mol. The fourth-order valence-corrected chi connectivity index (χ4v) is 4.67. The van der Waals surface area contributed by atoms with Gasteiger partial charge in [0.1, 0.15) is 18.3 Å². The van der Waals surface area contributed by atoms with Crippen LogP contribution in [0, 0.1) is 0 Å². The summed E-state index contributed by atoms with van der Waals surface area (Å²) in [6, 6.07) is 9.82. The standard InChI is InChI=1S/C23H32O7/c1-6-25-20(24)23(12-15-10-8-7-9-11-15)13-16-18(29-22(4,5)27-16)19(30-23)17-14-26-21(2,3)28-17/h7-11,16-19H,6,12-14H2,1-5H3/t16-,17-,18-,19-,23+/m1/s1. The molecule has 0 N–H and O–H groups in total. The molecule has 1 aromatic rings. The molecule has 0 unspecified atom stereocenters. The third-order valence-electron chi connectivity index (χ3n) is 5.81. The number of hydrogen-bond acceptors (Lipinski definition) is 7. The Hall–Kier alpha value is -1.51. The van der Waals surface area contributed by atoms with Crippen LogP contribution in [0.3, 0.4) is 0 Å². The molecule has 3 aliphatic rings. The number of fused-ring (bicyclic) bond motifs is 1. The molecular formula is C23H32O7. The molecule has 3 aliphatic heterocycles. The molecule has 0 aromatic heterocycles. The summed E-state index contributed by atoms with van der Waals surface area (Å²) in [7, 11) is 0. The summed E-state index contributed by atoms with van der Waals surface area (Å²) in [6.07, 6.45) is -0.856. The van der Waals surface area contributed by atoms with Crippen molar-refractivity contribution in [2.24, 2.45) is 0 Å². The number of carbonyl (C=O) groups excluding carboxylic acids is 1. The Labute approximate surface area is 177 Å². The molecule has 0 saturated carbocycles. The second-order valence-electron chi connectivity index (χ2n) is 9.17. The SMILES string of the molecule is CCOC(=O)[C@]1(Cc2ccccc2)C[C@H]2OC(C)(C)O[C@H]2[C@@H]([C@H]2COC(C)(C)O2)O1. The van der Waals surface area contributed by atoms with Crippen molar-refractivity contribution in [1.82, 2.24) is 0 Å². The van der Waals surface area contributed by atoms with E-state index in [1.807, 2.05) is 58.0 Å². The number of esters is 1. The smallest absolute Gasteiger partial charge is 0.338 e. The Morgan fingerprint density at radius 3 is 2.27 bits per heavy atom. The average molecular weight is 421 g/mol. The molecule has 3 heterocycles. The first-order valence-electron chi connectivity index (χ1n) is 10.7. The van der Waals surface area contributed by atoms with E-state index < -0.39 is 23.3 Å². The third-order valence-corrected chi connectivity index (χ3v) is 5.81. The van der Waals surface area contributed by atoms with Crippen LogP contribution in [0.5, 0.6) is 0 Å². The number of rotatable bonds is 5. The van der Waals surface area contributed by atoms with Crippen LogP contribution in [-0.4, -0.2) is 60.8 Å². The van der Waals surface area contributed by atoms with E-state index in [0.717, 1.165) is 5.56 Å². The van der Waals surface area contributed by atoms with Gasteiger partial charge in [0.05, 0.1) is 19.3 Å². The molecule has 0 amide bonds. The van der Waals surface area contributed by atoms with E-state index in [0.29, 0.717) is 19.4 Å². The molecule has 0 aliphatic carbocycles. The molecular weight excluding hydrogens is 388 g/mol. The van der Waals surface area contributed by atoms with Gasteiger partial charge in [-0.05, 0) is 40.2 Å². The summed E-state index contributed by atoms with van der Waals surface area (Å²) in [5, 5.41) is 0. The molecule has 1 aromatic carbocycles. The Morgan fingerprint density at radius 1 is 0.967 bits per heavy atom. The molecule has 7 heteroatoms. The molecule has 4 rings (SSSR count). The molecule has 0 radical (unpaired) electrons. The van der Waals surface area contributed by atoms with E-state index in [9.17, 15) is 4.79 Å². The van der Waals surface area contributed by atoms with Gasteiger partial charge in [-0.1, -0.05) is 30.3 Å². The molecule has 0 spiro atoms. The Bertz CT molecular complexity index is 762. The monoisotopic (exact) mass is 420 g/mol. The van der Waals surface area contributed by atoms with E-state index in [-0.39, 0.29) is 30.9 Å². The minimum atomic E-state index is -1.19. The lowest BCUT2D eigenvalue weighted by Crippen LogP contribution is -2.62. The van der Waals surface area contributed by atoms with Crippen LogP contribution in [0.15, 0.2) is 30.3 Å². The maximum Gasteiger partial charge on any atom is 0.338 e. The summed E-state index contributed by atoms with van der Waals surface area (Å²) >= 11 is 0. The highest BCUT2D eigenvalue weighted by Gasteiger charge is 2.61. The van der Waals surface area contributed by atoms with Gasteiger partial charge < -0.3 is 28.4 Å². The minimum Gasteiger partial charge on any atom is -0.464 e. The fraction of sp³-hybridized carbons (Fsp3) is 0.696. The van der Waals surface area contributed by atoms with Crippen molar-refractivity contribution in [3.05, 3.63) is 35.9 Å². The third kappa shape index (κ3) is 4.27. The predicted octanol–water partition coefficient (Wildman–Crippen LogP) is 2.99. The van der Waals surface area contributed by atoms with Gasteiger partial charge in [-0.25, -0.2) is 4.79 Å². The fourth-order valence-electron chi connectivity index (χ4n) is 4.67. The first-order chi connectivity index (χ1) is 14.1. The molecule has 3 fully saturated rings. The van der Waals surface area contributed by atoms with Crippen molar-refractivity contribution in [2.75, 3.05) is 13.2 Å². The Kier molecular flexibility index (Phi) is 5.70. The molecule has 5 atom stereocenters. The minimum absolute atomic E-state index is 0.274. The van der Waals surface area contributed by atoms with Crippen LogP contribution < -0.4 is 0 Å². The summed E-state index contributed by atoms with van der Waals surface area (Å²) < 4.78 is 36.4. The highest BCUT2D eigenvalue weighted by atomic mass is 16.8. The van der Waals surface area contributed by atoms with Crippen molar-refractivity contribution >= 4 is 5.97 Å². The molecule has 3 saturated heterocycles. The van der Waals surface area contributed by atoms with Crippen molar-refractivity contribution in [3.8, 4) is 0 Å². The van der Waals surface area contributed by atoms with Crippen molar-refractivity contribution in [2.45, 2.75) is 89.1 Å². The summed E-state index contributed by atoms with van der Waals surface area (Å²) in [4.78, 5) is 13.2. The van der Waals surface area contributed by atoms with Gasteiger partial charge in [-0.2, -0.15) is 0 Å². The van der Waals surface area contributed by atoms with Crippen LogP contribution in [-0.2, 0) is 39.6 Å². The number of hydrogen-bond donors (Lipinski definition) is 0. The van der Waals surface area contributed by atoms with Gasteiger partial charge in [0, 0.05) is 12.8 Å². The van der Waals surface area contributed by atoms with E-state index in [1.54, 1.807) is 6.92 Å². The number of ether oxygens (including phenoxy) is 6. The lowest BCUT2D eigenvalue weighted by molar-refractivity contribution is -0.238. The Balaban J connectivity index is 1.69. The van der Waals surface area contributed by atoms with Gasteiger partial charge in [-0.3, -0.25) is 0 Å². The highest BCUT2D eigenvalue weighted by Crippen LogP contribution is 2.45. The summed E-state index contributed by atoms with van der Waals surface area (Å²) in [5.41, 5.74) is -0.201. The zero-order valence-corrected chi connectivity index (χ0v) is 18.4. The van der Waals surface area contributed by atoms with Gasteiger partial charge >= 0.3 is 5.97 Å². The topological polar surface area (TPSA) is 72.5 Å². The van der Waals surface area contributed by atoms with Gasteiger partial charge in [0.25, 0.3) is 0 Å².